The van der Waals surface area contributed by atoms with Crippen LogP contribution >= 0.6 is 27.7 Å². The van der Waals surface area contributed by atoms with Crippen LogP contribution in [0.4, 0.5) is 15.9 Å². The molecule has 0 bridgehead atoms. The Hall–Kier alpha value is -1.47. The van der Waals surface area contributed by atoms with Gasteiger partial charge in [-0.1, -0.05) is 6.58 Å². The number of hydrogen-bond donors (Lipinski definition) is 2. The van der Waals surface area contributed by atoms with Gasteiger partial charge in [-0.3, -0.25) is 0 Å². The highest BCUT2D eigenvalue weighted by Crippen LogP contribution is 2.24. The highest BCUT2D eigenvalue weighted by molar-refractivity contribution is 9.10. The van der Waals surface area contributed by atoms with E-state index in [-0.39, 0.29) is 5.82 Å². The zero-order valence-corrected chi connectivity index (χ0v) is 11.0. The van der Waals surface area contributed by atoms with Crippen molar-refractivity contribution in [2.45, 2.75) is 0 Å². The molecule has 4 nitrogen and oxygen atoms in total. The van der Waals surface area contributed by atoms with Crippen molar-refractivity contribution in [1.82, 2.24) is 8.75 Å². The molecule has 0 radical (unpaired) electrons. The summed E-state index contributed by atoms with van der Waals surface area (Å²) >= 11 is 4.12. The molecule has 0 aliphatic rings. The lowest BCUT2D eigenvalue weighted by Gasteiger charge is -2.08. The minimum absolute atomic E-state index is 0.323. The summed E-state index contributed by atoms with van der Waals surface area (Å²) in [5.74, 6) is 0.00433. The summed E-state index contributed by atoms with van der Waals surface area (Å²) in [6.07, 6.45) is 0. The zero-order valence-electron chi connectivity index (χ0n) is 8.58. The van der Waals surface area contributed by atoms with Crippen LogP contribution < -0.4 is 11.1 Å². The minimum Gasteiger partial charge on any atom is -0.381 e. The first-order valence-corrected chi connectivity index (χ1v) is 6.09. The van der Waals surface area contributed by atoms with E-state index in [4.69, 9.17) is 5.73 Å². The van der Waals surface area contributed by atoms with Crippen LogP contribution in [0, 0.1) is 5.82 Å². The molecular weight excluding hydrogens is 307 g/mol. The average molecular weight is 315 g/mol. The highest BCUT2D eigenvalue weighted by Gasteiger charge is 2.09. The van der Waals surface area contributed by atoms with Crippen LogP contribution in [0.5, 0.6) is 0 Å². The van der Waals surface area contributed by atoms with Crippen molar-refractivity contribution in [2.24, 2.45) is 0 Å². The Kier molecular flexibility index (Phi) is 3.39. The molecule has 0 aliphatic carbocycles. The average Bonchev–Trinajstić information content (AvgIpc) is 2.70. The van der Waals surface area contributed by atoms with Crippen LogP contribution in [0.1, 0.15) is 5.69 Å². The van der Waals surface area contributed by atoms with Crippen molar-refractivity contribution in [3.63, 3.8) is 0 Å². The van der Waals surface area contributed by atoms with Crippen molar-refractivity contribution in [2.75, 3.05) is 11.1 Å². The Morgan fingerprint density at radius 1 is 1.47 bits per heavy atom. The van der Waals surface area contributed by atoms with Crippen molar-refractivity contribution in [1.29, 1.82) is 0 Å². The van der Waals surface area contributed by atoms with Crippen LogP contribution in [0.25, 0.3) is 5.70 Å². The number of nitrogen functional groups attached to an aromatic ring is 1. The van der Waals surface area contributed by atoms with E-state index in [1.165, 1.54) is 6.07 Å². The number of hydrogen-bond acceptors (Lipinski definition) is 5. The first kappa shape index (κ1) is 12.0. The third-order valence-electron chi connectivity index (χ3n) is 2.01. The Bertz CT molecular complexity index is 569. The number of benzene rings is 1. The number of rotatable bonds is 3. The molecule has 1 aromatic carbocycles. The van der Waals surface area contributed by atoms with Crippen LogP contribution in [-0.2, 0) is 0 Å². The molecule has 1 aromatic heterocycles. The Morgan fingerprint density at radius 3 is 2.82 bits per heavy atom. The predicted octanol–water partition coefficient (Wildman–Crippen LogP) is 3.10. The molecular formula is C10H8BrFN4S. The minimum atomic E-state index is -0.323. The molecule has 0 saturated heterocycles. The van der Waals surface area contributed by atoms with Crippen LogP contribution in [0.15, 0.2) is 29.3 Å². The molecule has 0 unspecified atom stereocenters. The van der Waals surface area contributed by atoms with Gasteiger partial charge in [-0.05, 0) is 34.1 Å². The zero-order chi connectivity index (χ0) is 12.4. The Balaban J connectivity index is 2.19. The van der Waals surface area contributed by atoms with Gasteiger partial charge in [0.1, 0.15) is 11.5 Å². The summed E-state index contributed by atoms with van der Waals surface area (Å²) in [5.41, 5.74) is 7.34. The molecule has 0 fully saturated rings. The fourth-order valence-electron chi connectivity index (χ4n) is 1.21. The molecule has 0 spiro atoms. The van der Waals surface area contributed by atoms with Gasteiger partial charge in [-0.25, -0.2) is 4.39 Å². The third kappa shape index (κ3) is 2.62. The van der Waals surface area contributed by atoms with Crippen molar-refractivity contribution in [3.05, 3.63) is 40.8 Å². The smallest absolute Gasteiger partial charge is 0.167 e. The van der Waals surface area contributed by atoms with Crippen LogP contribution in [0.2, 0.25) is 0 Å². The van der Waals surface area contributed by atoms with E-state index in [2.05, 4.69) is 36.6 Å². The summed E-state index contributed by atoms with van der Waals surface area (Å²) in [7, 11) is 0. The number of nitrogens with one attached hydrogen (secondary N) is 1. The van der Waals surface area contributed by atoms with Gasteiger partial charge in [0.05, 0.1) is 21.9 Å². The van der Waals surface area contributed by atoms with Crippen LogP contribution in [0.3, 0.4) is 0 Å². The van der Waals surface area contributed by atoms with Gasteiger partial charge in [0.2, 0.25) is 0 Å². The molecule has 0 atom stereocenters. The second kappa shape index (κ2) is 4.80. The fraction of sp³-hybridized carbons (Fsp3) is 0. The van der Waals surface area contributed by atoms with E-state index in [1.807, 2.05) is 0 Å². The molecule has 17 heavy (non-hydrogen) atoms. The standard InChI is InChI=1S/C10H8BrFN4S/c1-5(9-10(13)16-17-15-9)14-6-2-3-8(12)7(11)4-6/h2-4,14H,1H2,(H2,13,16). The molecule has 2 rings (SSSR count). The molecule has 1 heterocycles. The number of halogens is 2. The van der Waals surface area contributed by atoms with Gasteiger partial charge in [0.25, 0.3) is 0 Å². The van der Waals surface area contributed by atoms with Gasteiger partial charge in [0, 0.05) is 5.69 Å². The summed E-state index contributed by atoms with van der Waals surface area (Å²) in [6.45, 7) is 3.81. The lowest BCUT2D eigenvalue weighted by molar-refractivity contribution is 0.621. The number of nitrogens with zero attached hydrogens (tertiary/aromatic N) is 2. The van der Waals surface area contributed by atoms with E-state index < -0.39 is 0 Å². The maximum atomic E-state index is 13.0. The maximum Gasteiger partial charge on any atom is 0.167 e. The van der Waals surface area contributed by atoms with Crippen LogP contribution in [-0.4, -0.2) is 8.75 Å². The molecule has 2 aromatic rings. The van der Waals surface area contributed by atoms with E-state index >= 15 is 0 Å². The molecule has 3 N–H and O–H groups in total. The van der Waals surface area contributed by atoms with Gasteiger partial charge < -0.3 is 11.1 Å². The van der Waals surface area contributed by atoms with Gasteiger partial charge in [-0.15, -0.1) is 0 Å². The Morgan fingerprint density at radius 2 is 2.24 bits per heavy atom. The molecule has 88 valence electrons. The summed E-state index contributed by atoms with van der Waals surface area (Å²) in [6, 6.07) is 4.56. The first-order chi connectivity index (χ1) is 8.08. The normalized spacial score (nSPS) is 10.2. The predicted molar refractivity (Wildman–Crippen MR) is 71.1 cm³/mol. The highest BCUT2D eigenvalue weighted by atomic mass is 79.9. The van der Waals surface area contributed by atoms with Gasteiger partial charge in [-0.2, -0.15) is 8.75 Å². The second-order valence-corrected chi connectivity index (χ2v) is 4.61. The summed E-state index contributed by atoms with van der Waals surface area (Å²) in [4.78, 5) is 0. The third-order valence-corrected chi connectivity index (χ3v) is 3.16. The van der Waals surface area contributed by atoms with E-state index in [0.717, 1.165) is 11.7 Å². The van der Waals surface area contributed by atoms with E-state index in [9.17, 15) is 4.39 Å². The quantitative estimate of drug-likeness (QED) is 0.913. The summed E-state index contributed by atoms with van der Waals surface area (Å²) < 4.78 is 21.3. The van der Waals surface area contributed by atoms with Gasteiger partial charge in [0.15, 0.2) is 5.82 Å². The molecule has 0 amide bonds. The van der Waals surface area contributed by atoms with Gasteiger partial charge >= 0.3 is 0 Å². The maximum absolute atomic E-state index is 13.0. The number of anilines is 2. The lowest BCUT2D eigenvalue weighted by atomic mass is 10.2. The Labute approximate surface area is 110 Å². The van der Waals surface area contributed by atoms with Crippen molar-refractivity contribution < 1.29 is 4.39 Å². The van der Waals surface area contributed by atoms with E-state index in [1.54, 1.807) is 12.1 Å². The second-order valence-electron chi connectivity index (χ2n) is 3.23. The SMILES string of the molecule is C=C(Nc1ccc(F)c(Br)c1)c1nsnc1N. The number of aromatic nitrogens is 2. The lowest BCUT2D eigenvalue weighted by Crippen LogP contribution is -2.01. The van der Waals surface area contributed by atoms with Crippen molar-refractivity contribution >= 4 is 44.9 Å². The molecule has 0 saturated carbocycles. The monoisotopic (exact) mass is 314 g/mol. The van der Waals surface area contributed by atoms with Crippen molar-refractivity contribution in [3.8, 4) is 0 Å². The largest absolute Gasteiger partial charge is 0.381 e. The fourth-order valence-corrected chi connectivity index (χ4v) is 2.09. The first-order valence-electron chi connectivity index (χ1n) is 4.57. The number of nitrogens with two attached hydrogens (primary N) is 1. The molecule has 0 aliphatic heterocycles. The summed E-state index contributed by atoms with van der Waals surface area (Å²) in [5, 5.41) is 2.99. The molecule has 7 heteroatoms. The van der Waals surface area contributed by atoms with E-state index in [0.29, 0.717) is 27.4 Å². The topological polar surface area (TPSA) is 63.8 Å².